The first-order valence-corrected chi connectivity index (χ1v) is 7.42. The minimum Gasteiger partial charge on any atom is -0.365 e. The fourth-order valence-corrected chi connectivity index (χ4v) is 2.88. The number of aromatic nitrogens is 3. The number of hydrogen-bond acceptors (Lipinski definition) is 4. The Bertz CT molecular complexity index is 759. The van der Waals surface area contributed by atoms with E-state index in [-0.39, 0.29) is 5.54 Å². The van der Waals surface area contributed by atoms with Crippen molar-refractivity contribution < 1.29 is 0 Å². The van der Waals surface area contributed by atoms with Crippen molar-refractivity contribution in [3.63, 3.8) is 0 Å². The van der Waals surface area contributed by atoms with E-state index in [0.717, 1.165) is 11.3 Å². The third-order valence-electron chi connectivity index (χ3n) is 4.07. The maximum Gasteiger partial charge on any atom is 0.141 e. The molecule has 1 aromatic heterocycles. The van der Waals surface area contributed by atoms with Gasteiger partial charge in [-0.1, -0.05) is 17.7 Å². The van der Waals surface area contributed by atoms with Crippen LogP contribution < -0.4 is 4.90 Å². The maximum absolute atomic E-state index is 6.43. The van der Waals surface area contributed by atoms with E-state index in [1.807, 2.05) is 6.07 Å². The highest BCUT2D eigenvalue weighted by atomic mass is 35.5. The molecule has 0 atom stereocenters. The van der Waals surface area contributed by atoms with Gasteiger partial charge in [-0.05, 0) is 38.5 Å². The van der Waals surface area contributed by atoms with Gasteiger partial charge in [-0.3, -0.25) is 0 Å². The van der Waals surface area contributed by atoms with Crippen molar-refractivity contribution in [2.45, 2.75) is 26.3 Å². The van der Waals surface area contributed by atoms with E-state index in [1.54, 1.807) is 6.21 Å². The maximum atomic E-state index is 6.43. The number of allylic oxidation sites excluding steroid dienone is 1. The highest BCUT2D eigenvalue weighted by Gasteiger charge is 2.28. The Balaban J connectivity index is 2.05. The second-order valence-electron chi connectivity index (χ2n) is 6.02. The molecule has 0 unspecified atom stereocenters. The number of halogens is 1. The summed E-state index contributed by atoms with van der Waals surface area (Å²) in [6, 6.07) is 4.08. The van der Waals surface area contributed by atoms with Crippen LogP contribution in [0.15, 0.2) is 36.0 Å². The van der Waals surface area contributed by atoms with Gasteiger partial charge in [0.05, 0.1) is 16.8 Å². The Labute approximate surface area is 134 Å². The summed E-state index contributed by atoms with van der Waals surface area (Å²) >= 11 is 6.43. The van der Waals surface area contributed by atoms with Crippen LogP contribution in [0.25, 0.3) is 5.57 Å². The molecule has 2 heterocycles. The molecule has 1 aromatic carbocycles. The van der Waals surface area contributed by atoms with Crippen LogP contribution in [0.3, 0.4) is 0 Å². The Morgan fingerprint density at radius 1 is 1.23 bits per heavy atom. The van der Waals surface area contributed by atoms with E-state index in [9.17, 15) is 0 Å². The van der Waals surface area contributed by atoms with Gasteiger partial charge in [0, 0.05) is 23.9 Å². The fraction of sp³-hybridized carbons (Fsp3) is 0.312. The highest BCUT2D eigenvalue weighted by Crippen LogP contribution is 2.40. The second kappa shape index (κ2) is 5.25. The zero-order valence-electron chi connectivity index (χ0n) is 13.1. The van der Waals surface area contributed by atoms with E-state index in [4.69, 9.17) is 11.6 Å². The van der Waals surface area contributed by atoms with Crippen LogP contribution in [0.2, 0.25) is 5.02 Å². The molecule has 0 spiro atoms. The molecule has 22 heavy (non-hydrogen) atoms. The zero-order chi connectivity index (χ0) is 15.9. The van der Waals surface area contributed by atoms with Crippen LogP contribution in [0.5, 0.6) is 0 Å². The lowest BCUT2D eigenvalue weighted by Crippen LogP contribution is -2.42. The van der Waals surface area contributed by atoms with Gasteiger partial charge in [0.25, 0.3) is 0 Å². The Morgan fingerprint density at radius 3 is 2.59 bits per heavy atom. The molecule has 6 heteroatoms. The van der Waals surface area contributed by atoms with E-state index >= 15 is 0 Å². The second-order valence-corrected chi connectivity index (χ2v) is 6.42. The van der Waals surface area contributed by atoms with Crippen LogP contribution in [-0.2, 0) is 0 Å². The van der Waals surface area contributed by atoms with Crippen LogP contribution in [0.1, 0.15) is 31.9 Å². The summed E-state index contributed by atoms with van der Waals surface area (Å²) in [5.74, 6) is 0. The predicted octanol–water partition coefficient (Wildman–Crippen LogP) is 3.45. The Kier molecular flexibility index (Phi) is 3.53. The number of hydrogen-bond donors (Lipinski definition) is 0. The molecule has 0 aliphatic carbocycles. The normalized spacial score (nSPS) is 16.8. The van der Waals surface area contributed by atoms with Crippen molar-refractivity contribution in [1.82, 2.24) is 14.9 Å². The van der Waals surface area contributed by atoms with Gasteiger partial charge >= 0.3 is 0 Å². The number of fused-ring (bicyclic) bond motifs is 1. The number of benzene rings is 1. The van der Waals surface area contributed by atoms with E-state index in [2.05, 4.69) is 60.2 Å². The van der Waals surface area contributed by atoms with Crippen LogP contribution in [-0.4, -0.2) is 33.7 Å². The lowest BCUT2D eigenvalue weighted by atomic mass is 9.88. The van der Waals surface area contributed by atoms with Gasteiger partial charge in [-0.25, -0.2) is 4.68 Å². The van der Waals surface area contributed by atoms with Gasteiger partial charge in [0.2, 0.25) is 0 Å². The first-order valence-electron chi connectivity index (χ1n) is 7.05. The number of likely N-dealkylation sites (N-methyl/N-ethyl adjacent to an activating group) is 1. The molecule has 5 nitrogen and oxygen atoms in total. The van der Waals surface area contributed by atoms with E-state index in [1.165, 1.54) is 28.5 Å². The van der Waals surface area contributed by atoms with Crippen molar-refractivity contribution in [2.24, 2.45) is 5.10 Å². The standard InChI is InChI=1S/C16H18ClN5/c1-11-7-16(2,3)21(4)15-6-14(17)12(5-13(11)15)8-20-22-9-18-19-10-22/h5-10H,1-4H3/b20-8+. The van der Waals surface area contributed by atoms with Gasteiger partial charge in [0.15, 0.2) is 0 Å². The van der Waals surface area contributed by atoms with Crippen molar-refractivity contribution in [2.75, 3.05) is 11.9 Å². The average molecular weight is 316 g/mol. The van der Waals surface area contributed by atoms with Crippen molar-refractivity contribution in [1.29, 1.82) is 0 Å². The number of anilines is 1. The SMILES string of the molecule is CC1=CC(C)(C)N(C)c2cc(Cl)c(/C=N/n3cnnc3)cc21. The molecule has 2 aromatic rings. The largest absolute Gasteiger partial charge is 0.365 e. The van der Waals surface area contributed by atoms with Crippen molar-refractivity contribution >= 4 is 29.1 Å². The lowest BCUT2D eigenvalue weighted by Gasteiger charge is -2.40. The molecular formula is C16H18ClN5. The molecule has 0 radical (unpaired) electrons. The first-order chi connectivity index (χ1) is 10.4. The highest BCUT2D eigenvalue weighted by molar-refractivity contribution is 6.33. The summed E-state index contributed by atoms with van der Waals surface area (Å²) in [7, 11) is 2.09. The molecule has 3 rings (SSSR count). The van der Waals surface area contributed by atoms with Crippen LogP contribution in [0, 0.1) is 0 Å². The molecule has 1 aliphatic rings. The Hall–Kier alpha value is -2.14. The quantitative estimate of drug-likeness (QED) is 0.797. The summed E-state index contributed by atoms with van der Waals surface area (Å²) in [6.07, 6.45) is 7.05. The monoisotopic (exact) mass is 315 g/mol. The topological polar surface area (TPSA) is 46.3 Å². The smallest absolute Gasteiger partial charge is 0.141 e. The molecular weight excluding hydrogens is 298 g/mol. The molecule has 1 aliphatic heterocycles. The van der Waals surface area contributed by atoms with Crippen molar-refractivity contribution in [3.05, 3.63) is 47.0 Å². The minimum atomic E-state index is -0.0293. The molecule has 0 saturated carbocycles. The molecule has 0 N–H and O–H groups in total. The first kappa shape index (κ1) is 14.8. The van der Waals surface area contributed by atoms with Gasteiger partial charge in [-0.15, -0.1) is 10.2 Å². The Morgan fingerprint density at radius 2 is 1.91 bits per heavy atom. The summed E-state index contributed by atoms with van der Waals surface area (Å²) in [4.78, 5) is 2.24. The van der Waals surface area contributed by atoms with Gasteiger partial charge < -0.3 is 4.90 Å². The third kappa shape index (κ3) is 2.52. The molecule has 0 amide bonds. The van der Waals surface area contributed by atoms with Gasteiger partial charge in [0.1, 0.15) is 12.7 Å². The van der Waals surface area contributed by atoms with E-state index < -0.39 is 0 Å². The fourth-order valence-electron chi connectivity index (χ4n) is 2.67. The number of rotatable bonds is 2. The van der Waals surface area contributed by atoms with E-state index in [0.29, 0.717) is 5.02 Å². The summed E-state index contributed by atoms with van der Waals surface area (Å²) in [6.45, 7) is 6.51. The van der Waals surface area contributed by atoms with Crippen molar-refractivity contribution in [3.8, 4) is 0 Å². The molecule has 0 saturated heterocycles. The summed E-state index contributed by atoms with van der Waals surface area (Å²) in [5, 5.41) is 12.4. The minimum absolute atomic E-state index is 0.0293. The van der Waals surface area contributed by atoms with Crippen LogP contribution >= 0.6 is 11.6 Å². The third-order valence-corrected chi connectivity index (χ3v) is 4.40. The average Bonchev–Trinajstić information content (AvgIpc) is 2.96. The molecule has 114 valence electrons. The molecule has 0 bridgehead atoms. The number of nitrogens with zero attached hydrogens (tertiary/aromatic N) is 5. The summed E-state index contributed by atoms with van der Waals surface area (Å²) < 4.78 is 1.54. The van der Waals surface area contributed by atoms with Crippen LogP contribution in [0.4, 0.5) is 5.69 Å². The molecule has 0 fully saturated rings. The summed E-state index contributed by atoms with van der Waals surface area (Å²) in [5.41, 5.74) is 4.40. The predicted molar refractivity (Wildman–Crippen MR) is 90.6 cm³/mol. The lowest BCUT2D eigenvalue weighted by molar-refractivity contribution is 0.598. The van der Waals surface area contributed by atoms with Gasteiger partial charge in [-0.2, -0.15) is 5.10 Å². The zero-order valence-corrected chi connectivity index (χ0v) is 13.8.